The van der Waals surface area contributed by atoms with Crippen molar-refractivity contribution < 1.29 is 9.47 Å². The van der Waals surface area contributed by atoms with Gasteiger partial charge in [-0.2, -0.15) is 11.8 Å². The molecule has 0 bridgehead atoms. The fourth-order valence-electron chi connectivity index (χ4n) is 0.895. The minimum Gasteiger partial charge on any atom is -0.349 e. The van der Waals surface area contributed by atoms with Crippen LogP contribution in [0.3, 0.4) is 0 Å². The van der Waals surface area contributed by atoms with E-state index in [1.807, 2.05) is 6.92 Å². The fourth-order valence-corrected chi connectivity index (χ4v) is 1.26. The highest BCUT2D eigenvalue weighted by Crippen LogP contribution is 2.20. The summed E-state index contributed by atoms with van der Waals surface area (Å²) in [4.78, 5) is 0. The number of hydrogen-bond acceptors (Lipinski definition) is 3. The molecule has 2 unspecified atom stereocenters. The van der Waals surface area contributed by atoms with E-state index in [2.05, 4.69) is 13.2 Å². The predicted octanol–water partition coefficient (Wildman–Crippen LogP) is 1.50. The van der Waals surface area contributed by atoms with Gasteiger partial charge in [-0.05, 0) is 20.1 Å². The molecule has 0 aromatic carbocycles. The van der Waals surface area contributed by atoms with Crippen LogP contribution < -0.4 is 0 Å². The lowest BCUT2D eigenvalue weighted by atomic mass is 10.4. The highest BCUT2D eigenvalue weighted by atomic mass is 32.2. The maximum atomic E-state index is 5.47. The molecule has 1 heterocycles. The maximum absolute atomic E-state index is 5.47. The van der Waals surface area contributed by atoms with E-state index in [-0.39, 0.29) is 12.4 Å². The molecule has 1 aliphatic heterocycles. The largest absolute Gasteiger partial charge is 0.349 e. The molecule has 1 aliphatic rings. The summed E-state index contributed by atoms with van der Waals surface area (Å²) in [6.45, 7) is 4.90. The van der Waals surface area contributed by atoms with Crippen molar-refractivity contribution >= 4 is 11.8 Å². The topological polar surface area (TPSA) is 18.5 Å². The lowest BCUT2D eigenvalue weighted by molar-refractivity contribution is -0.0513. The van der Waals surface area contributed by atoms with Crippen LogP contribution in [-0.2, 0) is 9.47 Å². The van der Waals surface area contributed by atoms with E-state index in [0.29, 0.717) is 5.25 Å². The number of rotatable bonds is 2. The minimum atomic E-state index is 0.0185. The van der Waals surface area contributed by atoms with Crippen molar-refractivity contribution in [2.45, 2.75) is 31.5 Å². The molecule has 1 fully saturated rings. The summed E-state index contributed by atoms with van der Waals surface area (Å²) in [7, 11) is 0. The molecule has 2 nitrogen and oxygen atoms in total. The van der Waals surface area contributed by atoms with Crippen LogP contribution in [0, 0.1) is 0 Å². The van der Waals surface area contributed by atoms with E-state index in [9.17, 15) is 0 Å². The summed E-state index contributed by atoms with van der Waals surface area (Å²) in [6.07, 6.45) is 2.37. The fraction of sp³-hybridized carbons (Fsp3) is 1.00. The van der Waals surface area contributed by atoms with Crippen LogP contribution in [0.5, 0.6) is 0 Å². The highest BCUT2D eigenvalue weighted by molar-refractivity contribution is 7.99. The molecule has 0 amide bonds. The molecule has 0 radical (unpaired) electrons. The first kappa shape index (κ1) is 8.37. The molecule has 1 saturated heterocycles. The van der Waals surface area contributed by atoms with Gasteiger partial charge >= 0.3 is 0 Å². The van der Waals surface area contributed by atoms with Crippen LogP contribution in [0.4, 0.5) is 0 Å². The van der Waals surface area contributed by atoms with Gasteiger partial charge in [0.2, 0.25) is 0 Å². The van der Waals surface area contributed by atoms with Gasteiger partial charge in [-0.1, -0.05) is 0 Å². The Morgan fingerprint density at radius 2 is 2.30 bits per heavy atom. The standard InChI is InChI=1S/C7H14O2S/c1-5-4-8-7(9-5)6(2)10-3/h5-7H,4H2,1-3H3/t5?,6?,7-/m0/s1. The molecule has 0 spiro atoms. The molecule has 1 rings (SSSR count). The van der Waals surface area contributed by atoms with Gasteiger partial charge in [-0.25, -0.2) is 0 Å². The van der Waals surface area contributed by atoms with Crippen LogP contribution >= 0.6 is 11.8 Å². The van der Waals surface area contributed by atoms with Gasteiger partial charge < -0.3 is 9.47 Å². The molecule has 10 heavy (non-hydrogen) atoms. The van der Waals surface area contributed by atoms with E-state index < -0.39 is 0 Å². The van der Waals surface area contributed by atoms with Crippen molar-refractivity contribution in [3.05, 3.63) is 0 Å². The van der Waals surface area contributed by atoms with Crippen LogP contribution in [0.25, 0.3) is 0 Å². The van der Waals surface area contributed by atoms with E-state index in [4.69, 9.17) is 9.47 Å². The normalized spacial score (nSPS) is 36.3. The predicted molar refractivity (Wildman–Crippen MR) is 43.3 cm³/mol. The average Bonchev–Trinajstić information content (AvgIpc) is 2.34. The Morgan fingerprint density at radius 1 is 1.60 bits per heavy atom. The highest BCUT2D eigenvalue weighted by Gasteiger charge is 2.26. The Balaban J connectivity index is 2.29. The lowest BCUT2D eigenvalue weighted by Crippen LogP contribution is -2.21. The Morgan fingerprint density at radius 3 is 2.70 bits per heavy atom. The quantitative estimate of drug-likeness (QED) is 0.613. The van der Waals surface area contributed by atoms with Gasteiger partial charge in [0.25, 0.3) is 0 Å². The molecule has 60 valence electrons. The third-order valence-corrected chi connectivity index (χ3v) is 2.58. The zero-order valence-corrected chi connectivity index (χ0v) is 7.48. The summed E-state index contributed by atoms with van der Waals surface area (Å²) in [5.41, 5.74) is 0. The monoisotopic (exact) mass is 162 g/mol. The molecule has 0 aromatic heterocycles. The van der Waals surface area contributed by atoms with Crippen molar-refractivity contribution in [3.8, 4) is 0 Å². The second kappa shape index (κ2) is 3.60. The van der Waals surface area contributed by atoms with Crippen molar-refractivity contribution in [2.75, 3.05) is 12.9 Å². The Kier molecular flexibility index (Phi) is 3.01. The van der Waals surface area contributed by atoms with Crippen LogP contribution in [0.1, 0.15) is 13.8 Å². The van der Waals surface area contributed by atoms with Crippen LogP contribution in [0.15, 0.2) is 0 Å². The van der Waals surface area contributed by atoms with Crippen molar-refractivity contribution in [1.29, 1.82) is 0 Å². The van der Waals surface area contributed by atoms with Gasteiger partial charge in [-0.3, -0.25) is 0 Å². The van der Waals surface area contributed by atoms with Crippen LogP contribution in [-0.4, -0.2) is 30.5 Å². The van der Waals surface area contributed by atoms with E-state index in [1.54, 1.807) is 11.8 Å². The Bertz CT molecular complexity index is 108. The van der Waals surface area contributed by atoms with Crippen molar-refractivity contribution in [3.63, 3.8) is 0 Å². The smallest absolute Gasteiger partial charge is 0.169 e. The molecule has 0 aromatic rings. The van der Waals surface area contributed by atoms with Gasteiger partial charge in [0.15, 0.2) is 6.29 Å². The second-order valence-electron chi connectivity index (χ2n) is 2.59. The first-order chi connectivity index (χ1) is 4.74. The molecule has 0 aliphatic carbocycles. The lowest BCUT2D eigenvalue weighted by Gasteiger charge is -2.15. The van der Waals surface area contributed by atoms with Gasteiger partial charge in [-0.15, -0.1) is 0 Å². The first-order valence-corrected chi connectivity index (χ1v) is 4.82. The van der Waals surface area contributed by atoms with Gasteiger partial charge in [0.1, 0.15) is 0 Å². The Hall–Kier alpha value is 0.270. The third kappa shape index (κ3) is 1.87. The molecule has 0 saturated carbocycles. The minimum absolute atomic E-state index is 0.0185. The zero-order chi connectivity index (χ0) is 7.56. The van der Waals surface area contributed by atoms with Crippen molar-refractivity contribution in [2.24, 2.45) is 0 Å². The number of ether oxygens (including phenoxy) is 2. The molecule has 3 heteroatoms. The van der Waals surface area contributed by atoms with Crippen LogP contribution in [0.2, 0.25) is 0 Å². The molecule has 0 N–H and O–H groups in total. The maximum Gasteiger partial charge on any atom is 0.169 e. The summed E-state index contributed by atoms with van der Waals surface area (Å²) in [6, 6.07) is 0. The summed E-state index contributed by atoms with van der Waals surface area (Å²) in [5, 5.41) is 0.449. The SMILES string of the molecule is CSC(C)[C@H]1OCC(C)O1. The summed E-state index contributed by atoms with van der Waals surface area (Å²) >= 11 is 1.77. The van der Waals surface area contributed by atoms with E-state index in [1.165, 1.54) is 0 Å². The second-order valence-corrected chi connectivity index (χ2v) is 3.80. The molecular formula is C7H14O2S. The number of hydrogen-bond donors (Lipinski definition) is 0. The van der Waals surface area contributed by atoms with Gasteiger partial charge in [0, 0.05) is 0 Å². The third-order valence-electron chi connectivity index (χ3n) is 1.62. The van der Waals surface area contributed by atoms with E-state index >= 15 is 0 Å². The zero-order valence-electron chi connectivity index (χ0n) is 6.66. The first-order valence-electron chi connectivity index (χ1n) is 3.54. The number of thioether (sulfide) groups is 1. The van der Waals surface area contributed by atoms with Gasteiger partial charge in [0.05, 0.1) is 18.0 Å². The Labute approximate surface area is 66.3 Å². The average molecular weight is 162 g/mol. The summed E-state index contributed by atoms with van der Waals surface area (Å²) in [5.74, 6) is 0. The van der Waals surface area contributed by atoms with E-state index in [0.717, 1.165) is 6.61 Å². The molecule has 3 atom stereocenters. The van der Waals surface area contributed by atoms with Crippen molar-refractivity contribution in [1.82, 2.24) is 0 Å². The summed E-state index contributed by atoms with van der Waals surface area (Å²) < 4.78 is 10.8. The molecular weight excluding hydrogens is 148 g/mol.